The number of hydrogen-bond acceptors (Lipinski definition) is 4. The molecule has 1 amide bonds. The van der Waals surface area contributed by atoms with Gasteiger partial charge >= 0.3 is 0 Å². The van der Waals surface area contributed by atoms with Crippen molar-refractivity contribution in [1.29, 1.82) is 0 Å². The van der Waals surface area contributed by atoms with Crippen LogP contribution >= 0.6 is 11.3 Å². The van der Waals surface area contributed by atoms with Gasteiger partial charge in [-0.3, -0.25) is 4.79 Å². The van der Waals surface area contributed by atoms with Gasteiger partial charge in [0.15, 0.2) is 0 Å². The third kappa shape index (κ3) is 4.32. The van der Waals surface area contributed by atoms with Gasteiger partial charge in [0, 0.05) is 6.54 Å². The second-order valence-electron chi connectivity index (χ2n) is 5.40. The van der Waals surface area contributed by atoms with Crippen LogP contribution in [0.1, 0.15) is 40.8 Å². The minimum atomic E-state index is -0.764. The molecule has 22 heavy (non-hydrogen) atoms. The Morgan fingerprint density at radius 3 is 2.77 bits per heavy atom. The van der Waals surface area contributed by atoms with Crippen LogP contribution in [-0.2, 0) is 0 Å². The van der Waals surface area contributed by atoms with E-state index in [1.807, 2.05) is 50.4 Å². The van der Waals surface area contributed by atoms with Crippen LogP contribution in [0, 0.1) is 6.92 Å². The molecular weight excluding hydrogens is 298 g/mol. The fraction of sp³-hybridized carbons (Fsp3) is 0.353. The van der Waals surface area contributed by atoms with Gasteiger partial charge in [0.25, 0.3) is 5.91 Å². The predicted octanol–water partition coefficient (Wildman–Crippen LogP) is 3.31. The Morgan fingerprint density at radius 1 is 1.36 bits per heavy atom. The van der Waals surface area contributed by atoms with E-state index in [0.717, 1.165) is 11.1 Å². The van der Waals surface area contributed by atoms with Crippen LogP contribution in [0.2, 0.25) is 0 Å². The third-order valence-electron chi connectivity index (χ3n) is 3.14. The standard InChI is InChI=1S/C17H21NO3S/c1-11(2)21-14-6-4-5-13(9-14)15(19)10-18-17(20)16-12(3)7-8-22-16/h4-9,11,15,19H,10H2,1-3H3,(H,18,20). The number of thiophene rings is 1. The molecule has 0 radical (unpaired) electrons. The van der Waals surface area contributed by atoms with Gasteiger partial charge in [0.1, 0.15) is 5.75 Å². The summed E-state index contributed by atoms with van der Waals surface area (Å²) in [6.07, 6.45) is -0.686. The summed E-state index contributed by atoms with van der Waals surface area (Å²) in [4.78, 5) is 12.7. The summed E-state index contributed by atoms with van der Waals surface area (Å²) >= 11 is 1.40. The fourth-order valence-electron chi connectivity index (χ4n) is 2.06. The molecule has 0 saturated heterocycles. The van der Waals surface area contributed by atoms with Crippen molar-refractivity contribution in [2.75, 3.05) is 6.54 Å². The molecule has 1 unspecified atom stereocenters. The summed E-state index contributed by atoms with van der Waals surface area (Å²) in [5.74, 6) is 0.563. The number of carbonyl (C=O) groups is 1. The number of amides is 1. The first kappa shape index (κ1) is 16.5. The van der Waals surface area contributed by atoms with Crippen LogP contribution in [0.4, 0.5) is 0 Å². The normalized spacial score (nSPS) is 12.2. The molecule has 1 aromatic heterocycles. The summed E-state index contributed by atoms with van der Waals surface area (Å²) in [7, 11) is 0. The van der Waals surface area contributed by atoms with E-state index >= 15 is 0 Å². The second-order valence-corrected chi connectivity index (χ2v) is 6.31. The molecule has 2 rings (SSSR count). The Kier molecular flexibility index (Phi) is 5.57. The molecular formula is C17H21NO3S. The highest BCUT2D eigenvalue weighted by Gasteiger charge is 2.14. The number of hydrogen-bond donors (Lipinski definition) is 2. The smallest absolute Gasteiger partial charge is 0.261 e. The van der Waals surface area contributed by atoms with Gasteiger partial charge in [-0.2, -0.15) is 0 Å². The van der Waals surface area contributed by atoms with Crippen molar-refractivity contribution in [1.82, 2.24) is 5.32 Å². The van der Waals surface area contributed by atoms with Crippen molar-refractivity contribution < 1.29 is 14.6 Å². The molecule has 0 fully saturated rings. The molecule has 1 aromatic carbocycles. The Morgan fingerprint density at radius 2 is 2.14 bits per heavy atom. The molecule has 2 N–H and O–H groups in total. The Balaban J connectivity index is 1.96. The molecule has 0 bridgehead atoms. The van der Waals surface area contributed by atoms with E-state index < -0.39 is 6.10 Å². The number of aliphatic hydroxyl groups excluding tert-OH is 1. The minimum Gasteiger partial charge on any atom is -0.491 e. The minimum absolute atomic E-state index is 0.0777. The molecule has 0 aliphatic rings. The number of carbonyl (C=O) groups excluding carboxylic acids is 1. The molecule has 2 aromatic rings. The van der Waals surface area contributed by atoms with Crippen LogP contribution in [0.15, 0.2) is 35.7 Å². The topological polar surface area (TPSA) is 58.6 Å². The summed E-state index contributed by atoms with van der Waals surface area (Å²) in [6, 6.07) is 9.21. The maximum absolute atomic E-state index is 12.0. The molecule has 4 nitrogen and oxygen atoms in total. The van der Waals surface area contributed by atoms with Crippen molar-refractivity contribution in [3.63, 3.8) is 0 Å². The zero-order chi connectivity index (χ0) is 16.1. The van der Waals surface area contributed by atoms with Crippen LogP contribution in [-0.4, -0.2) is 23.7 Å². The van der Waals surface area contributed by atoms with Crippen LogP contribution < -0.4 is 10.1 Å². The number of benzene rings is 1. The van der Waals surface area contributed by atoms with Crippen molar-refractivity contribution in [3.05, 3.63) is 51.7 Å². The van der Waals surface area contributed by atoms with Crippen molar-refractivity contribution in [2.45, 2.75) is 33.0 Å². The van der Waals surface area contributed by atoms with E-state index in [-0.39, 0.29) is 18.6 Å². The van der Waals surface area contributed by atoms with Gasteiger partial charge in [0.2, 0.25) is 0 Å². The fourth-order valence-corrected chi connectivity index (χ4v) is 2.90. The number of rotatable bonds is 6. The zero-order valence-electron chi connectivity index (χ0n) is 13.0. The maximum atomic E-state index is 12.0. The first-order valence-electron chi connectivity index (χ1n) is 7.24. The van der Waals surface area contributed by atoms with E-state index in [4.69, 9.17) is 4.74 Å². The van der Waals surface area contributed by atoms with E-state index in [0.29, 0.717) is 10.6 Å². The van der Waals surface area contributed by atoms with Gasteiger partial charge in [-0.25, -0.2) is 0 Å². The molecule has 1 heterocycles. The van der Waals surface area contributed by atoms with Gasteiger partial charge in [0.05, 0.1) is 17.1 Å². The Labute approximate surface area is 134 Å². The lowest BCUT2D eigenvalue weighted by atomic mass is 10.1. The summed E-state index contributed by atoms with van der Waals surface area (Å²) in [5, 5.41) is 14.9. The summed E-state index contributed by atoms with van der Waals surface area (Å²) in [5.41, 5.74) is 1.67. The van der Waals surface area contributed by atoms with E-state index in [1.54, 1.807) is 6.07 Å². The number of ether oxygens (including phenoxy) is 1. The van der Waals surface area contributed by atoms with Gasteiger partial charge in [-0.15, -0.1) is 11.3 Å². The van der Waals surface area contributed by atoms with Crippen LogP contribution in [0.3, 0.4) is 0 Å². The monoisotopic (exact) mass is 319 g/mol. The van der Waals surface area contributed by atoms with Crippen LogP contribution in [0.5, 0.6) is 5.75 Å². The Hall–Kier alpha value is -1.85. The highest BCUT2D eigenvalue weighted by atomic mass is 32.1. The van der Waals surface area contributed by atoms with Gasteiger partial charge in [-0.1, -0.05) is 12.1 Å². The van der Waals surface area contributed by atoms with Crippen molar-refractivity contribution in [2.24, 2.45) is 0 Å². The molecule has 118 valence electrons. The quantitative estimate of drug-likeness (QED) is 0.859. The van der Waals surface area contributed by atoms with Gasteiger partial charge < -0.3 is 15.2 Å². The predicted molar refractivity (Wildman–Crippen MR) is 88.6 cm³/mol. The molecule has 1 atom stereocenters. The second kappa shape index (κ2) is 7.42. The van der Waals surface area contributed by atoms with Crippen molar-refractivity contribution in [3.8, 4) is 5.75 Å². The highest BCUT2D eigenvalue weighted by molar-refractivity contribution is 7.12. The lowest BCUT2D eigenvalue weighted by Crippen LogP contribution is -2.28. The van der Waals surface area contributed by atoms with E-state index in [9.17, 15) is 9.90 Å². The van der Waals surface area contributed by atoms with Gasteiger partial charge in [-0.05, 0) is 55.5 Å². The molecule has 0 aliphatic carbocycles. The first-order valence-corrected chi connectivity index (χ1v) is 8.12. The number of nitrogens with one attached hydrogen (secondary N) is 1. The lowest BCUT2D eigenvalue weighted by molar-refractivity contribution is 0.0919. The SMILES string of the molecule is Cc1ccsc1C(=O)NCC(O)c1cccc(OC(C)C)c1. The number of aryl methyl sites for hydroxylation is 1. The summed E-state index contributed by atoms with van der Waals surface area (Å²) < 4.78 is 5.61. The van der Waals surface area contributed by atoms with Crippen molar-refractivity contribution >= 4 is 17.2 Å². The summed E-state index contributed by atoms with van der Waals surface area (Å²) in [6.45, 7) is 5.97. The molecule has 5 heteroatoms. The molecule has 0 saturated carbocycles. The Bertz CT molecular complexity index is 636. The van der Waals surface area contributed by atoms with Crippen LogP contribution in [0.25, 0.3) is 0 Å². The maximum Gasteiger partial charge on any atom is 0.261 e. The highest BCUT2D eigenvalue weighted by Crippen LogP contribution is 2.20. The average molecular weight is 319 g/mol. The molecule has 0 spiro atoms. The third-order valence-corrected chi connectivity index (χ3v) is 4.15. The average Bonchev–Trinajstić information content (AvgIpc) is 2.90. The van der Waals surface area contributed by atoms with E-state index in [1.165, 1.54) is 11.3 Å². The molecule has 0 aliphatic heterocycles. The zero-order valence-corrected chi connectivity index (χ0v) is 13.8. The number of aliphatic hydroxyl groups is 1. The van der Waals surface area contributed by atoms with E-state index in [2.05, 4.69) is 5.32 Å². The largest absolute Gasteiger partial charge is 0.491 e. The first-order chi connectivity index (χ1) is 10.5. The lowest BCUT2D eigenvalue weighted by Gasteiger charge is -2.15.